The van der Waals surface area contributed by atoms with Gasteiger partial charge in [0.2, 0.25) is 0 Å². The predicted octanol–water partition coefficient (Wildman–Crippen LogP) is 3.98. The normalized spacial score (nSPS) is 16.2. The van der Waals surface area contributed by atoms with Crippen molar-refractivity contribution < 1.29 is 19.6 Å². The number of rotatable bonds is 6. The lowest BCUT2D eigenvalue weighted by Crippen LogP contribution is -2.28. The van der Waals surface area contributed by atoms with E-state index in [1.54, 1.807) is 56.3 Å². The molecule has 0 saturated carbocycles. The van der Waals surface area contributed by atoms with Crippen LogP contribution < -0.4 is 4.90 Å². The summed E-state index contributed by atoms with van der Waals surface area (Å²) in [6.07, 6.45) is 1.60. The van der Waals surface area contributed by atoms with Crippen molar-refractivity contribution in [3.8, 4) is 0 Å². The number of anilines is 1. The summed E-state index contributed by atoms with van der Waals surface area (Å²) in [5.41, 5.74) is 1.46. The lowest BCUT2D eigenvalue weighted by Gasteiger charge is -2.13. The standard InChI is InChI=1S/C21H20N4O5S/c1-4-24-19(26)18(11-13-8-9-16(23(2)3)17(10-13)25(29)30)31-21(24)22-15-7-5-6-14(12-15)20(27)28/h5-12H,4H2,1-3H3,(H,27,28). The van der Waals surface area contributed by atoms with E-state index in [-0.39, 0.29) is 17.2 Å². The van der Waals surface area contributed by atoms with Crippen molar-refractivity contribution in [2.24, 2.45) is 4.99 Å². The minimum Gasteiger partial charge on any atom is -0.478 e. The zero-order valence-electron chi connectivity index (χ0n) is 17.1. The van der Waals surface area contributed by atoms with Crippen molar-refractivity contribution in [2.75, 3.05) is 25.5 Å². The van der Waals surface area contributed by atoms with Crippen LogP contribution in [0.2, 0.25) is 0 Å². The van der Waals surface area contributed by atoms with Crippen LogP contribution in [0.3, 0.4) is 0 Å². The molecule has 10 heteroatoms. The van der Waals surface area contributed by atoms with Gasteiger partial charge in [-0.1, -0.05) is 12.1 Å². The average molecular weight is 440 g/mol. The van der Waals surface area contributed by atoms with Gasteiger partial charge in [0.1, 0.15) is 5.69 Å². The summed E-state index contributed by atoms with van der Waals surface area (Å²) in [5.74, 6) is -1.33. The van der Waals surface area contributed by atoms with Gasteiger partial charge in [0.15, 0.2) is 5.17 Å². The first kappa shape index (κ1) is 22.0. The van der Waals surface area contributed by atoms with Crippen molar-refractivity contribution in [2.45, 2.75) is 6.92 Å². The minimum absolute atomic E-state index is 0.0541. The number of aliphatic imine (C=N–C) groups is 1. The summed E-state index contributed by atoms with van der Waals surface area (Å²) in [6, 6.07) is 10.9. The molecule has 1 aliphatic heterocycles. The molecular weight excluding hydrogens is 420 g/mol. The number of carboxylic acids is 1. The van der Waals surface area contributed by atoms with Crippen LogP contribution in [0.25, 0.3) is 6.08 Å². The second-order valence-electron chi connectivity index (χ2n) is 6.81. The lowest BCUT2D eigenvalue weighted by atomic mass is 10.1. The number of amidine groups is 1. The van der Waals surface area contributed by atoms with Crippen molar-refractivity contribution in [1.29, 1.82) is 0 Å². The quantitative estimate of drug-likeness (QED) is 0.410. The van der Waals surface area contributed by atoms with Crippen molar-refractivity contribution in [1.82, 2.24) is 4.90 Å². The van der Waals surface area contributed by atoms with Gasteiger partial charge in [-0.25, -0.2) is 9.79 Å². The molecule has 0 aliphatic carbocycles. The average Bonchev–Trinajstić information content (AvgIpc) is 3.01. The number of thioether (sulfide) groups is 1. The van der Waals surface area contributed by atoms with Crippen LogP contribution in [-0.2, 0) is 4.79 Å². The van der Waals surface area contributed by atoms with E-state index in [1.807, 2.05) is 0 Å². The molecule has 1 heterocycles. The van der Waals surface area contributed by atoms with E-state index in [2.05, 4.69) is 4.99 Å². The number of nitrogens with zero attached hydrogens (tertiary/aromatic N) is 4. The molecule has 2 aromatic carbocycles. The van der Waals surface area contributed by atoms with Crippen molar-refractivity contribution in [3.63, 3.8) is 0 Å². The molecule has 0 radical (unpaired) electrons. The topological polar surface area (TPSA) is 116 Å². The van der Waals surface area contributed by atoms with Gasteiger partial charge in [-0.05, 0) is 54.6 Å². The minimum atomic E-state index is -1.06. The van der Waals surface area contributed by atoms with Crippen molar-refractivity contribution in [3.05, 3.63) is 68.6 Å². The van der Waals surface area contributed by atoms with E-state index in [0.29, 0.717) is 33.6 Å². The molecule has 1 aliphatic rings. The summed E-state index contributed by atoms with van der Waals surface area (Å²) in [7, 11) is 3.44. The second-order valence-corrected chi connectivity index (χ2v) is 7.82. The number of hydrogen-bond acceptors (Lipinski definition) is 7. The molecule has 0 atom stereocenters. The second kappa shape index (κ2) is 9.00. The lowest BCUT2D eigenvalue weighted by molar-refractivity contribution is -0.384. The Morgan fingerprint density at radius 2 is 2.03 bits per heavy atom. The fourth-order valence-electron chi connectivity index (χ4n) is 3.00. The molecule has 2 aromatic rings. The molecular formula is C21H20N4O5S. The smallest absolute Gasteiger partial charge is 0.335 e. The Morgan fingerprint density at radius 3 is 2.65 bits per heavy atom. The van der Waals surface area contributed by atoms with Gasteiger partial charge in [0, 0.05) is 26.7 Å². The highest BCUT2D eigenvalue weighted by Gasteiger charge is 2.32. The van der Waals surface area contributed by atoms with E-state index in [9.17, 15) is 19.7 Å². The first-order valence-electron chi connectivity index (χ1n) is 9.30. The van der Waals surface area contributed by atoms with Gasteiger partial charge in [-0.15, -0.1) is 0 Å². The highest BCUT2D eigenvalue weighted by molar-refractivity contribution is 8.18. The van der Waals surface area contributed by atoms with Crippen molar-refractivity contribution >= 4 is 51.9 Å². The number of amides is 1. The molecule has 0 bridgehead atoms. The Hall–Kier alpha value is -3.66. The first-order valence-corrected chi connectivity index (χ1v) is 10.1. The fraction of sp³-hybridized carbons (Fsp3) is 0.190. The number of carbonyl (C=O) groups excluding carboxylic acids is 1. The maximum Gasteiger partial charge on any atom is 0.335 e. The van der Waals surface area contributed by atoms with Crippen LogP contribution in [-0.4, -0.2) is 52.6 Å². The number of carbonyl (C=O) groups is 2. The molecule has 0 unspecified atom stereocenters. The van der Waals surface area contributed by atoms with Gasteiger partial charge in [0.25, 0.3) is 11.6 Å². The van der Waals surface area contributed by atoms with Crippen LogP contribution in [0.4, 0.5) is 17.1 Å². The molecule has 1 saturated heterocycles. The highest BCUT2D eigenvalue weighted by atomic mass is 32.2. The summed E-state index contributed by atoms with van der Waals surface area (Å²) in [5, 5.41) is 21.0. The molecule has 31 heavy (non-hydrogen) atoms. The fourth-order valence-corrected chi connectivity index (χ4v) is 4.06. The molecule has 0 spiro atoms. The van der Waals surface area contributed by atoms with Gasteiger partial charge in [-0.3, -0.25) is 19.8 Å². The number of nitro benzene ring substituents is 1. The number of carboxylic acid groups (broad SMARTS) is 1. The summed E-state index contributed by atoms with van der Waals surface area (Å²) in [6.45, 7) is 2.18. The van der Waals surface area contributed by atoms with Gasteiger partial charge in [0.05, 0.1) is 21.1 Å². The molecule has 1 N–H and O–H groups in total. The maximum absolute atomic E-state index is 12.8. The molecule has 0 aromatic heterocycles. The number of hydrogen-bond donors (Lipinski definition) is 1. The summed E-state index contributed by atoms with van der Waals surface area (Å²) >= 11 is 1.14. The Morgan fingerprint density at radius 1 is 1.29 bits per heavy atom. The third kappa shape index (κ3) is 4.75. The van der Waals surface area contributed by atoms with Gasteiger partial charge < -0.3 is 10.0 Å². The molecule has 160 valence electrons. The summed E-state index contributed by atoms with van der Waals surface area (Å²) < 4.78 is 0. The van der Waals surface area contributed by atoms with Crippen LogP contribution in [0.1, 0.15) is 22.8 Å². The maximum atomic E-state index is 12.8. The highest BCUT2D eigenvalue weighted by Crippen LogP contribution is 2.35. The summed E-state index contributed by atoms with van der Waals surface area (Å²) in [4.78, 5) is 42.9. The number of aromatic carboxylic acids is 1. The van der Waals surface area contributed by atoms with E-state index >= 15 is 0 Å². The zero-order valence-corrected chi connectivity index (χ0v) is 17.9. The number of benzene rings is 2. The third-order valence-electron chi connectivity index (χ3n) is 4.50. The Labute approximate surface area is 182 Å². The first-order chi connectivity index (χ1) is 14.7. The van der Waals surface area contributed by atoms with Crippen LogP contribution >= 0.6 is 11.8 Å². The van der Waals surface area contributed by atoms with Gasteiger partial charge >= 0.3 is 5.97 Å². The molecule has 3 rings (SSSR count). The monoisotopic (exact) mass is 440 g/mol. The van der Waals surface area contributed by atoms with E-state index in [1.165, 1.54) is 23.1 Å². The SMILES string of the molecule is CCN1C(=O)C(=Cc2ccc(N(C)C)c([N+](=O)[O-])c2)SC1=Nc1cccc(C(=O)O)c1. The van der Waals surface area contributed by atoms with Crippen LogP contribution in [0, 0.1) is 10.1 Å². The Kier molecular flexibility index (Phi) is 6.40. The third-order valence-corrected chi connectivity index (χ3v) is 5.50. The number of likely N-dealkylation sites (N-methyl/N-ethyl adjacent to an activating group) is 1. The number of nitro groups is 1. The molecule has 9 nitrogen and oxygen atoms in total. The van der Waals surface area contributed by atoms with E-state index in [0.717, 1.165) is 11.8 Å². The molecule has 1 fully saturated rings. The predicted molar refractivity (Wildman–Crippen MR) is 121 cm³/mol. The zero-order chi connectivity index (χ0) is 22.7. The largest absolute Gasteiger partial charge is 0.478 e. The Balaban J connectivity index is 1.97. The van der Waals surface area contributed by atoms with Crippen LogP contribution in [0.5, 0.6) is 0 Å². The molecule has 1 amide bonds. The van der Waals surface area contributed by atoms with E-state index in [4.69, 9.17) is 5.11 Å². The van der Waals surface area contributed by atoms with E-state index < -0.39 is 10.9 Å². The van der Waals surface area contributed by atoms with Crippen LogP contribution in [0.15, 0.2) is 52.4 Å². The Bertz CT molecular complexity index is 1130. The van der Waals surface area contributed by atoms with Gasteiger partial charge in [-0.2, -0.15) is 0 Å².